The maximum absolute atomic E-state index is 12.6. The summed E-state index contributed by atoms with van der Waals surface area (Å²) in [7, 11) is -2.28. The molecule has 0 radical (unpaired) electrons. The van der Waals surface area contributed by atoms with Crippen LogP contribution in [-0.2, 0) is 21.2 Å². The van der Waals surface area contributed by atoms with Gasteiger partial charge in [-0.15, -0.1) is 0 Å². The minimum absolute atomic E-state index is 0.0696. The van der Waals surface area contributed by atoms with E-state index in [0.29, 0.717) is 17.2 Å². The minimum Gasteiger partial charge on any atom is -0.497 e. The average molecular weight is 533 g/mol. The number of sulfonamides is 1. The second kappa shape index (κ2) is 10.7. The van der Waals surface area contributed by atoms with E-state index >= 15 is 0 Å². The van der Waals surface area contributed by atoms with Crippen LogP contribution >= 0.6 is 15.9 Å². The minimum atomic E-state index is -3.79. The predicted molar refractivity (Wildman–Crippen MR) is 133 cm³/mol. The maximum Gasteiger partial charge on any atom is 0.262 e. The highest BCUT2D eigenvalue weighted by Crippen LogP contribution is 2.26. The van der Waals surface area contributed by atoms with E-state index in [1.54, 1.807) is 24.3 Å². The molecule has 0 aromatic heterocycles. The molecule has 7 nitrogen and oxygen atoms in total. The van der Waals surface area contributed by atoms with E-state index in [2.05, 4.69) is 26.0 Å². The Morgan fingerprint density at radius 3 is 2.42 bits per heavy atom. The Kier molecular flexibility index (Phi) is 7.99. The maximum atomic E-state index is 12.6. The summed E-state index contributed by atoms with van der Waals surface area (Å²) >= 11 is 3.47. The van der Waals surface area contributed by atoms with Crippen molar-refractivity contribution in [3.63, 3.8) is 0 Å². The summed E-state index contributed by atoms with van der Waals surface area (Å²) in [5.41, 5.74) is 3.14. The normalized spacial score (nSPS) is 11.0. The molecule has 0 saturated heterocycles. The van der Waals surface area contributed by atoms with E-state index in [-0.39, 0.29) is 17.4 Å². The molecule has 0 spiro atoms. The van der Waals surface area contributed by atoms with Crippen LogP contribution in [0, 0.1) is 6.92 Å². The van der Waals surface area contributed by atoms with Crippen LogP contribution in [0.4, 0.5) is 11.4 Å². The number of rotatable bonds is 9. The number of carbonyl (C=O) groups is 1. The third-order valence-electron chi connectivity index (χ3n) is 4.85. The SMILES string of the molecule is CCc1cc(Br)cc(C)c1NC(=O)COc1ccc(S(=O)(=O)Nc2cccc(OC)c2)cc1. The van der Waals surface area contributed by atoms with Crippen molar-refractivity contribution in [1.82, 2.24) is 0 Å². The average Bonchev–Trinajstić information content (AvgIpc) is 2.79. The van der Waals surface area contributed by atoms with Gasteiger partial charge in [-0.2, -0.15) is 0 Å². The summed E-state index contributed by atoms with van der Waals surface area (Å²) in [6, 6.07) is 16.4. The Balaban J connectivity index is 1.62. The molecular formula is C24H25BrN2O5S. The smallest absolute Gasteiger partial charge is 0.262 e. The number of halogens is 1. The molecule has 0 atom stereocenters. The van der Waals surface area contributed by atoms with Crippen molar-refractivity contribution in [3.8, 4) is 11.5 Å². The van der Waals surface area contributed by atoms with Crippen molar-refractivity contribution >= 4 is 43.2 Å². The molecule has 2 N–H and O–H groups in total. The molecule has 33 heavy (non-hydrogen) atoms. The summed E-state index contributed by atoms with van der Waals surface area (Å²) in [4.78, 5) is 12.5. The molecule has 3 aromatic rings. The highest BCUT2D eigenvalue weighted by molar-refractivity contribution is 9.10. The molecule has 0 aliphatic rings. The van der Waals surface area contributed by atoms with Gasteiger partial charge in [0.1, 0.15) is 11.5 Å². The number of methoxy groups -OCH3 is 1. The largest absolute Gasteiger partial charge is 0.497 e. The van der Waals surface area contributed by atoms with Crippen LogP contribution in [0.3, 0.4) is 0 Å². The van der Waals surface area contributed by atoms with Crippen LogP contribution in [0.2, 0.25) is 0 Å². The summed E-state index contributed by atoms with van der Waals surface area (Å²) < 4.78 is 39.4. The van der Waals surface area contributed by atoms with E-state index < -0.39 is 10.0 Å². The predicted octanol–water partition coefficient (Wildman–Crippen LogP) is 5.15. The number of ether oxygens (including phenoxy) is 2. The Morgan fingerprint density at radius 2 is 1.76 bits per heavy atom. The number of carbonyl (C=O) groups excluding carboxylic acids is 1. The van der Waals surface area contributed by atoms with Gasteiger partial charge in [0.25, 0.3) is 15.9 Å². The van der Waals surface area contributed by atoms with Crippen molar-refractivity contribution in [3.05, 3.63) is 76.3 Å². The van der Waals surface area contributed by atoms with E-state index in [1.165, 1.54) is 31.4 Å². The lowest BCUT2D eigenvalue weighted by atomic mass is 10.1. The van der Waals surface area contributed by atoms with Gasteiger partial charge in [-0.05, 0) is 73.0 Å². The van der Waals surface area contributed by atoms with Gasteiger partial charge in [-0.3, -0.25) is 9.52 Å². The molecule has 3 aromatic carbocycles. The number of hydrogen-bond donors (Lipinski definition) is 2. The Morgan fingerprint density at radius 1 is 1.03 bits per heavy atom. The zero-order valence-corrected chi connectivity index (χ0v) is 20.9. The summed E-state index contributed by atoms with van der Waals surface area (Å²) in [5, 5.41) is 2.90. The fraction of sp³-hybridized carbons (Fsp3) is 0.208. The highest BCUT2D eigenvalue weighted by atomic mass is 79.9. The number of anilines is 2. The second-order valence-electron chi connectivity index (χ2n) is 7.26. The van der Waals surface area contributed by atoms with Gasteiger partial charge in [0, 0.05) is 16.2 Å². The molecule has 0 fully saturated rings. The van der Waals surface area contributed by atoms with Crippen molar-refractivity contribution in [2.75, 3.05) is 23.8 Å². The number of benzene rings is 3. The van der Waals surface area contributed by atoms with Crippen LogP contribution < -0.4 is 19.5 Å². The van der Waals surface area contributed by atoms with E-state index in [0.717, 1.165) is 27.7 Å². The molecular weight excluding hydrogens is 508 g/mol. The van der Waals surface area contributed by atoms with Crippen LogP contribution in [0.15, 0.2) is 70.0 Å². The van der Waals surface area contributed by atoms with Gasteiger partial charge >= 0.3 is 0 Å². The van der Waals surface area contributed by atoms with E-state index in [1.807, 2.05) is 26.0 Å². The third-order valence-corrected chi connectivity index (χ3v) is 6.71. The third kappa shape index (κ3) is 6.49. The Labute approximate surface area is 202 Å². The Bertz CT molecular complexity index is 1240. The van der Waals surface area contributed by atoms with Crippen molar-refractivity contribution in [2.24, 2.45) is 0 Å². The van der Waals surface area contributed by atoms with Crippen LogP contribution in [0.25, 0.3) is 0 Å². The second-order valence-corrected chi connectivity index (χ2v) is 9.85. The fourth-order valence-electron chi connectivity index (χ4n) is 3.21. The zero-order chi connectivity index (χ0) is 24.0. The molecule has 0 aliphatic carbocycles. The first kappa shape index (κ1) is 24.6. The highest BCUT2D eigenvalue weighted by Gasteiger charge is 2.15. The monoisotopic (exact) mass is 532 g/mol. The van der Waals surface area contributed by atoms with Crippen LogP contribution in [-0.4, -0.2) is 28.0 Å². The first-order chi connectivity index (χ1) is 15.7. The standard InChI is InChI=1S/C24H25BrN2O5S/c1-4-17-13-18(25)12-16(2)24(17)26-23(28)15-32-20-8-10-22(11-9-20)33(29,30)27-19-6-5-7-21(14-19)31-3/h5-14,27H,4,15H2,1-3H3,(H,26,28). The van der Waals surface area contributed by atoms with Crippen LogP contribution in [0.5, 0.6) is 11.5 Å². The molecule has 0 aliphatic heterocycles. The fourth-order valence-corrected chi connectivity index (χ4v) is 4.88. The molecule has 3 rings (SSSR count). The zero-order valence-electron chi connectivity index (χ0n) is 18.5. The van der Waals surface area contributed by atoms with Crippen LogP contribution in [0.1, 0.15) is 18.1 Å². The van der Waals surface area contributed by atoms with Gasteiger partial charge in [-0.25, -0.2) is 8.42 Å². The summed E-state index contributed by atoms with van der Waals surface area (Å²) in [5.74, 6) is 0.627. The number of hydrogen-bond acceptors (Lipinski definition) is 5. The van der Waals surface area contributed by atoms with E-state index in [9.17, 15) is 13.2 Å². The lowest BCUT2D eigenvalue weighted by molar-refractivity contribution is -0.118. The molecule has 0 unspecified atom stereocenters. The molecule has 0 heterocycles. The molecule has 1 amide bonds. The van der Waals surface area contributed by atoms with Gasteiger partial charge in [0.15, 0.2) is 6.61 Å². The lowest BCUT2D eigenvalue weighted by Gasteiger charge is -2.14. The Hall–Kier alpha value is -3.04. The van der Waals surface area contributed by atoms with Gasteiger partial charge in [-0.1, -0.05) is 28.9 Å². The lowest BCUT2D eigenvalue weighted by Crippen LogP contribution is -2.21. The van der Waals surface area contributed by atoms with E-state index in [4.69, 9.17) is 9.47 Å². The topological polar surface area (TPSA) is 93.7 Å². The molecule has 0 saturated carbocycles. The van der Waals surface area contributed by atoms with Gasteiger partial charge < -0.3 is 14.8 Å². The molecule has 174 valence electrons. The molecule has 9 heteroatoms. The van der Waals surface area contributed by atoms with Crippen molar-refractivity contribution < 1.29 is 22.7 Å². The van der Waals surface area contributed by atoms with Gasteiger partial charge in [0.05, 0.1) is 17.7 Å². The summed E-state index contributed by atoms with van der Waals surface area (Å²) in [6.07, 6.45) is 0.774. The van der Waals surface area contributed by atoms with Gasteiger partial charge in [0.2, 0.25) is 0 Å². The van der Waals surface area contributed by atoms with Crippen molar-refractivity contribution in [1.29, 1.82) is 0 Å². The number of nitrogens with one attached hydrogen (secondary N) is 2. The van der Waals surface area contributed by atoms with Crippen molar-refractivity contribution in [2.45, 2.75) is 25.2 Å². The first-order valence-electron chi connectivity index (χ1n) is 10.2. The molecule has 0 bridgehead atoms. The first-order valence-corrected chi connectivity index (χ1v) is 12.5. The quantitative estimate of drug-likeness (QED) is 0.397. The number of aryl methyl sites for hydroxylation is 2. The summed E-state index contributed by atoms with van der Waals surface area (Å²) in [6.45, 7) is 3.75. The number of amides is 1.